The van der Waals surface area contributed by atoms with E-state index >= 15 is 0 Å². The van der Waals surface area contributed by atoms with Crippen molar-refractivity contribution in [3.63, 3.8) is 0 Å². The van der Waals surface area contributed by atoms with Crippen LogP contribution in [0, 0.1) is 5.82 Å². The summed E-state index contributed by atoms with van der Waals surface area (Å²) >= 11 is 11.0. The monoisotopic (exact) mass is 286 g/mol. The average molecular weight is 287 g/mol. The van der Waals surface area contributed by atoms with Gasteiger partial charge in [-0.2, -0.15) is 9.49 Å². The maximum Gasteiger partial charge on any atom is 0.301 e. The number of nitrogens with zero attached hydrogens (tertiary/aromatic N) is 1. The van der Waals surface area contributed by atoms with Crippen LogP contribution in [0.25, 0.3) is 11.3 Å². The van der Waals surface area contributed by atoms with Crippen molar-refractivity contribution in [2.45, 2.75) is 0 Å². The predicted octanol–water partition coefficient (Wildman–Crippen LogP) is 2.61. The molecule has 0 atom stereocenters. The first-order valence-electron chi connectivity index (χ1n) is 4.74. The van der Waals surface area contributed by atoms with Crippen molar-refractivity contribution in [3.05, 3.63) is 51.0 Å². The van der Waals surface area contributed by atoms with E-state index in [0.717, 1.165) is 0 Å². The van der Waals surface area contributed by atoms with Gasteiger partial charge in [-0.3, -0.25) is 9.59 Å². The summed E-state index contributed by atoms with van der Waals surface area (Å²) in [7, 11) is 0. The van der Waals surface area contributed by atoms with Crippen molar-refractivity contribution in [1.29, 1.82) is 0 Å². The highest BCUT2D eigenvalue weighted by molar-refractivity contribution is 6.67. The van der Waals surface area contributed by atoms with Crippen LogP contribution in [0.1, 0.15) is 10.4 Å². The number of aromatic amines is 1. The lowest BCUT2D eigenvalue weighted by atomic mass is 10.1. The van der Waals surface area contributed by atoms with Gasteiger partial charge in [-0.15, -0.1) is 0 Å². The van der Waals surface area contributed by atoms with E-state index in [-0.39, 0.29) is 10.7 Å². The first kappa shape index (κ1) is 12.7. The molecule has 0 fully saturated rings. The van der Waals surface area contributed by atoms with Crippen molar-refractivity contribution in [2.75, 3.05) is 0 Å². The highest BCUT2D eigenvalue weighted by atomic mass is 35.5. The van der Waals surface area contributed by atoms with Crippen LogP contribution in [-0.4, -0.2) is 15.4 Å². The molecule has 0 aliphatic heterocycles. The lowest BCUT2D eigenvalue weighted by molar-refractivity contribution is 0.108. The van der Waals surface area contributed by atoms with E-state index in [0.29, 0.717) is 11.1 Å². The number of halogens is 3. The Morgan fingerprint density at radius 3 is 2.44 bits per heavy atom. The fourth-order valence-corrected chi connectivity index (χ4v) is 1.72. The zero-order valence-electron chi connectivity index (χ0n) is 8.71. The van der Waals surface area contributed by atoms with Crippen LogP contribution >= 0.6 is 23.2 Å². The molecule has 0 radical (unpaired) electrons. The molecule has 7 heteroatoms. The van der Waals surface area contributed by atoms with Gasteiger partial charge in [-0.1, -0.05) is 23.7 Å². The fourth-order valence-electron chi connectivity index (χ4n) is 1.36. The molecule has 1 heterocycles. The summed E-state index contributed by atoms with van der Waals surface area (Å²) in [5.74, 6) is -1.10. The molecule has 0 aliphatic carbocycles. The van der Waals surface area contributed by atoms with Gasteiger partial charge in [-0.05, 0) is 23.7 Å². The molecule has 2 rings (SSSR count). The number of aromatic nitrogens is 2. The fraction of sp³-hybridized carbons (Fsp3) is 0. The van der Waals surface area contributed by atoms with Gasteiger partial charge in [0.25, 0.3) is 5.24 Å². The van der Waals surface area contributed by atoms with Gasteiger partial charge in [0.2, 0.25) is 5.82 Å². The zero-order chi connectivity index (χ0) is 13.3. The number of rotatable bonds is 2. The van der Waals surface area contributed by atoms with Crippen molar-refractivity contribution in [2.24, 2.45) is 0 Å². The van der Waals surface area contributed by atoms with Crippen LogP contribution in [0.5, 0.6) is 0 Å². The number of carbonyl (C=O) groups is 1. The number of hydrogen-bond acceptors (Lipinski definition) is 3. The predicted molar refractivity (Wildman–Crippen MR) is 65.4 cm³/mol. The molecule has 0 bridgehead atoms. The summed E-state index contributed by atoms with van der Waals surface area (Å²) in [4.78, 5) is 21.8. The van der Waals surface area contributed by atoms with Crippen molar-refractivity contribution in [3.8, 4) is 11.3 Å². The molecule has 0 aliphatic rings. The van der Waals surface area contributed by atoms with E-state index in [9.17, 15) is 14.0 Å². The number of benzene rings is 1. The first-order valence-corrected chi connectivity index (χ1v) is 5.50. The molecule has 2 aromatic rings. The van der Waals surface area contributed by atoms with E-state index in [4.69, 9.17) is 23.2 Å². The molecular formula is C11H5Cl2FN2O2. The summed E-state index contributed by atoms with van der Waals surface area (Å²) in [6.45, 7) is 0. The Morgan fingerprint density at radius 1 is 1.28 bits per heavy atom. The van der Waals surface area contributed by atoms with Crippen molar-refractivity contribution in [1.82, 2.24) is 10.2 Å². The van der Waals surface area contributed by atoms with Gasteiger partial charge in [0.1, 0.15) is 10.7 Å². The normalized spacial score (nSPS) is 10.4. The average Bonchev–Trinajstić information content (AvgIpc) is 2.36. The Bertz CT molecular complexity index is 668. The molecule has 0 unspecified atom stereocenters. The summed E-state index contributed by atoms with van der Waals surface area (Å²) in [5.41, 5.74) is -0.156. The number of nitrogens with one attached hydrogen (secondary N) is 1. The highest BCUT2D eigenvalue weighted by Gasteiger charge is 2.14. The van der Waals surface area contributed by atoms with Gasteiger partial charge in [0.15, 0.2) is 0 Å². The molecule has 92 valence electrons. The third-order valence-corrected chi connectivity index (χ3v) is 2.82. The summed E-state index contributed by atoms with van der Waals surface area (Å²) < 4.78 is 13.3. The van der Waals surface area contributed by atoms with Gasteiger partial charge < -0.3 is 0 Å². The van der Waals surface area contributed by atoms with E-state index in [1.54, 1.807) is 0 Å². The number of H-pyrrole nitrogens is 1. The molecule has 0 saturated carbocycles. The SMILES string of the molecule is O=C(Cl)c1ccc(-c2n[nH]c(=O)c(F)c2Cl)cc1. The van der Waals surface area contributed by atoms with Crippen LogP contribution in [0.4, 0.5) is 4.39 Å². The van der Waals surface area contributed by atoms with Crippen LogP contribution in [0.2, 0.25) is 5.02 Å². The summed E-state index contributed by atoms with van der Waals surface area (Å²) in [5, 5.41) is 4.67. The van der Waals surface area contributed by atoms with E-state index in [2.05, 4.69) is 5.10 Å². The topological polar surface area (TPSA) is 62.8 Å². The minimum atomic E-state index is -1.10. The van der Waals surface area contributed by atoms with Gasteiger partial charge in [0.05, 0.1) is 0 Å². The lowest BCUT2D eigenvalue weighted by Gasteiger charge is -2.03. The molecule has 0 amide bonds. The second-order valence-corrected chi connectivity index (χ2v) is 4.10. The summed E-state index contributed by atoms with van der Waals surface area (Å²) in [6, 6.07) is 5.90. The highest BCUT2D eigenvalue weighted by Crippen LogP contribution is 2.26. The summed E-state index contributed by atoms with van der Waals surface area (Å²) in [6.07, 6.45) is 0. The van der Waals surface area contributed by atoms with E-state index < -0.39 is 16.6 Å². The Morgan fingerprint density at radius 2 is 1.89 bits per heavy atom. The quantitative estimate of drug-likeness (QED) is 0.863. The minimum Gasteiger partial charge on any atom is -0.276 e. The smallest absolute Gasteiger partial charge is 0.276 e. The van der Waals surface area contributed by atoms with Crippen LogP contribution < -0.4 is 5.56 Å². The second-order valence-electron chi connectivity index (χ2n) is 3.38. The first-order chi connectivity index (χ1) is 8.50. The van der Waals surface area contributed by atoms with Crippen LogP contribution in [0.3, 0.4) is 0 Å². The number of carbonyl (C=O) groups excluding carboxylic acids is 1. The Balaban J connectivity index is 2.53. The van der Waals surface area contributed by atoms with E-state index in [1.165, 1.54) is 24.3 Å². The van der Waals surface area contributed by atoms with Crippen LogP contribution in [-0.2, 0) is 0 Å². The third kappa shape index (κ3) is 2.27. The number of hydrogen-bond donors (Lipinski definition) is 1. The lowest BCUT2D eigenvalue weighted by Crippen LogP contribution is -2.13. The third-order valence-electron chi connectivity index (χ3n) is 2.25. The molecule has 0 saturated heterocycles. The largest absolute Gasteiger partial charge is 0.301 e. The standard InChI is InChI=1S/C11H5Cl2FN2O2/c12-7-8(14)11(18)16-15-9(7)5-1-3-6(4-2-5)10(13)17/h1-4H,(H,16,18). The zero-order valence-corrected chi connectivity index (χ0v) is 10.2. The Hall–Kier alpha value is -1.72. The minimum absolute atomic E-state index is 0.0855. The van der Waals surface area contributed by atoms with Crippen molar-refractivity contribution < 1.29 is 9.18 Å². The van der Waals surface area contributed by atoms with Crippen molar-refractivity contribution >= 4 is 28.4 Å². The maximum absolute atomic E-state index is 13.3. The second kappa shape index (κ2) is 4.88. The Kier molecular flexibility index (Phi) is 3.45. The molecule has 0 spiro atoms. The van der Waals surface area contributed by atoms with Gasteiger partial charge in [-0.25, -0.2) is 5.10 Å². The maximum atomic E-state index is 13.3. The molecule has 1 aromatic heterocycles. The van der Waals surface area contributed by atoms with Gasteiger partial charge >= 0.3 is 5.56 Å². The van der Waals surface area contributed by atoms with Gasteiger partial charge in [0, 0.05) is 11.1 Å². The molecule has 1 N–H and O–H groups in total. The molecule has 4 nitrogen and oxygen atoms in total. The van der Waals surface area contributed by atoms with E-state index in [1.807, 2.05) is 5.10 Å². The molecule has 1 aromatic carbocycles. The Labute approximate surface area is 110 Å². The van der Waals surface area contributed by atoms with Crippen LogP contribution in [0.15, 0.2) is 29.1 Å². The molecular weight excluding hydrogens is 282 g/mol. The molecule has 18 heavy (non-hydrogen) atoms.